The second-order valence-corrected chi connectivity index (χ2v) is 4.69. The molecule has 0 unspecified atom stereocenters. The van der Waals surface area contributed by atoms with Gasteiger partial charge in [-0.1, -0.05) is 62.6 Å². The van der Waals surface area contributed by atoms with Crippen molar-refractivity contribution >= 4 is 5.57 Å². The monoisotopic (exact) mass is 246 g/mol. The normalized spacial score (nSPS) is 11.8. The first-order chi connectivity index (χ1) is 8.88. The number of hydrogen-bond acceptors (Lipinski definition) is 1. The summed E-state index contributed by atoms with van der Waals surface area (Å²) in [5.41, 5.74) is 2.84. The largest absolute Gasteiger partial charge is 0.384 e. The zero-order valence-corrected chi connectivity index (χ0v) is 11.8. The van der Waals surface area contributed by atoms with Gasteiger partial charge in [0, 0.05) is 13.7 Å². The van der Waals surface area contributed by atoms with Crippen LogP contribution in [0.15, 0.2) is 36.4 Å². The van der Waals surface area contributed by atoms with Crippen molar-refractivity contribution in [2.45, 2.75) is 45.4 Å². The summed E-state index contributed by atoms with van der Waals surface area (Å²) >= 11 is 0. The van der Waals surface area contributed by atoms with Gasteiger partial charge in [0.15, 0.2) is 0 Å². The van der Waals surface area contributed by atoms with Gasteiger partial charge in [0.1, 0.15) is 0 Å². The minimum atomic E-state index is 0.811. The van der Waals surface area contributed by atoms with E-state index in [0.29, 0.717) is 0 Å². The molecule has 100 valence electrons. The van der Waals surface area contributed by atoms with Crippen LogP contribution in [0.5, 0.6) is 0 Å². The minimum Gasteiger partial charge on any atom is -0.384 e. The molecular weight excluding hydrogens is 220 g/mol. The fraction of sp³-hybridized carbons (Fsp3) is 0.529. The number of ether oxygens (including phenoxy) is 1. The Morgan fingerprint density at radius 3 is 2.56 bits per heavy atom. The third kappa shape index (κ3) is 6.02. The lowest BCUT2D eigenvalue weighted by Gasteiger charge is -2.08. The molecule has 0 aliphatic heterocycles. The van der Waals surface area contributed by atoms with Crippen LogP contribution in [0.3, 0.4) is 0 Å². The first-order valence-electron chi connectivity index (χ1n) is 7.12. The molecule has 0 aromatic heterocycles. The van der Waals surface area contributed by atoms with Gasteiger partial charge in [-0.3, -0.25) is 0 Å². The van der Waals surface area contributed by atoms with Gasteiger partial charge in [-0.25, -0.2) is 0 Å². The van der Waals surface area contributed by atoms with Gasteiger partial charge in [-0.15, -0.1) is 0 Å². The van der Waals surface area contributed by atoms with Crippen LogP contribution < -0.4 is 0 Å². The van der Waals surface area contributed by atoms with Crippen molar-refractivity contribution in [2.24, 2.45) is 0 Å². The molecule has 1 nitrogen and oxygen atoms in total. The van der Waals surface area contributed by atoms with Gasteiger partial charge >= 0.3 is 0 Å². The summed E-state index contributed by atoms with van der Waals surface area (Å²) in [6, 6.07) is 10.7. The molecule has 1 rings (SSSR count). The van der Waals surface area contributed by atoms with Crippen LogP contribution in [0.1, 0.15) is 51.0 Å². The van der Waals surface area contributed by atoms with Crippen LogP contribution in [0.2, 0.25) is 0 Å². The van der Waals surface area contributed by atoms with E-state index in [9.17, 15) is 0 Å². The Morgan fingerprint density at radius 2 is 1.89 bits per heavy atom. The van der Waals surface area contributed by atoms with E-state index in [-0.39, 0.29) is 0 Å². The third-order valence-corrected chi connectivity index (χ3v) is 3.16. The molecule has 0 saturated carbocycles. The van der Waals surface area contributed by atoms with Crippen molar-refractivity contribution in [3.63, 3.8) is 0 Å². The average molecular weight is 246 g/mol. The van der Waals surface area contributed by atoms with E-state index >= 15 is 0 Å². The summed E-state index contributed by atoms with van der Waals surface area (Å²) in [4.78, 5) is 0. The van der Waals surface area contributed by atoms with Crippen molar-refractivity contribution in [2.75, 3.05) is 13.7 Å². The molecule has 0 aliphatic rings. The maximum Gasteiger partial charge on any atom is 0.0496 e. The molecule has 0 N–H and O–H groups in total. The van der Waals surface area contributed by atoms with Gasteiger partial charge < -0.3 is 4.74 Å². The number of unbranched alkanes of at least 4 members (excludes halogenated alkanes) is 3. The predicted molar refractivity (Wildman–Crippen MR) is 79.7 cm³/mol. The standard InChI is InChI=1S/C17H26O/c1-3-4-5-7-11-17(14-10-15-18-2)16-12-8-6-9-13-16/h6,8-9,12-14H,3-5,7,10-11,15H2,1-2H3/b17-14+. The van der Waals surface area contributed by atoms with Crippen LogP contribution in [0.4, 0.5) is 0 Å². The molecule has 1 heteroatoms. The second kappa shape index (κ2) is 9.90. The fourth-order valence-electron chi connectivity index (χ4n) is 2.11. The maximum atomic E-state index is 5.13. The number of benzene rings is 1. The summed E-state index contributed by atoms with van der Waals surface area (Å²) in [5, 5.41) is 0. The maximum absolute atomic E-state index is 5.13. The van der Waals surface area contributed by atoms with Gasteiger partial charge in [-0.05, 0) is 30.4 Å². The van der Waals surface area contributed by atoms with Crippen molar-refractivity contribution < 1.29 is 4.74 Å². The molecule has 0 spiro atoms. The topological polar surface area (TPSA) is 9.23 Å². The molecule has 1 aromatic carbocycles. The van der Waals surface area contributed by atoms with Crippen molar-refractivity contribution in [3.8, 4) is 0 Å². The molecule has 0 heterocycles. The Bertz CT molecular complexity index is 327. The molecule has 0 amide bonds. The lowest BCUT2D eigenvalue weighted by atomic mass is 9.98. The molecule has 18 heavy (non-hydrogen) atoms. The fourth-order valence-corrected chi connectivity index (χ4v) is 2.11. The highest BCUT2D eigenvalue weighted by molar-refractivity contribution is 5.65. The average Bonchev–Trinajstić information content (AvgIpc) is 2.42. The van der Waals surface area contributed by atoms with Crippen LogP contribution in [-0.4, -0.2) is 13.7 Å². The molecule has 0 fully saturated rings. The quantitative estimate of drug-likeness (QED) is 0.552. The molecule has 0 aliphatic carbocycles. The van der Waals surface area contributed by atoms with E-state index in [2.05, 4.69) is 43.3 Å². The lowest BCUT2D eigenvalue weighted by molar-refractivity contribution is 0.204. The van der Waals surface area contributed by atoms with E-state index in [1.807, 2.05) is 0 Å². The Balaban J connectivity index is 2.55. The number of allylic oxidation sites excluding steroid dienone is 1. The van der Waals surface area contributed by atoms with E-state index in [1.54, 1.807) is 7.11 Å². The Hall–Kier alpha value is -1.08. The second-order valence-electron chi connectivity index (χ2n) is 4.69. The summed E-state index contributed by atoms with van der Waals surface area (Å²) < 4.78 is 5.13. The summed E-state index contributed by atoms with van der Waals surface area (Å²) in [7, 11) is 1.76. The summed E-state index contributed by atoms with van der Waals surface area (Å²) in [6.45, 7) is 3.07. The van der Waals surface area contributed by atoms with Gasteiger partial charge in [0.25, 0.3) is 0 Å². The molecule has 0 radical (unpaired) electrons. The van der Waals surface area contributed by atoms with E-state index in [1.165, 1.54) is 43.2 Å². The van der Waals surface area contributed by atoms with Crippen molar-refractivity contribution in [1.29, 1.82) is 0 Å². The summed E-state index contributed by atoms with van der Waals surface area (Å²) in [5.74, 6) is 0. The Morgan fingerprint density at radius 1 is 1.11 bits per heavy atom. The number of rotatable bonds is 9. The van der Waals surface area contributed by atoms with Crippen molar-refractivity contribution in [1.82, 2.24) is 0 Å². The lowest BCUT2D eigenvalue weighted by Crippen LogP contribution is -1.89. The van der Waals surface area contributed by atoms with E-state index in [0.717, 1.165) is 13.0 Å². The highest BCUT2D eigenvalue weighted by Crippen LogP contribution is 2.21. The SMILES string of the molecule is CCCCCC/C(=C\CCOC)c1ccccc1. The van der Waals surface area contributed by atoms with E-state index in [4.69, 9.17) is 4.74 Å². The molecule has 0 bridgehead atoms. The zero-order valence-electron chi connectivity index (χ0n) is 11.8. The van der Waals surface area contributed by atoms with Crippen LogP contribution in [0, 0.1) is 0 Å². The van der Waals surface area contributed by atoms with Gasteiger partial charge in [0.2, 0.25) is 0 Å². The summed E-state index contributed by atoms with van der Waals surface area (Å²) in [6.07, 6.45) is 9.81. The first-order valence-corrected chi connectivity index (χ1v) is 7.12. The highest BCUT2D eigenvalue weighted by Gasteiger charge is 2.00. The molecule has 0 atom stereocenters. The molecular formula is C17H26O. The number of methoxy groups -OCH3 is 1. The Labute approximate surface area is 112 Å². The smallest absolute Gasteiger partial charge is 0.0496 e. The van der Waals surface area contributed by atoms with E-state index < -0.39 is 0 Å². The van der Waals surface area contributed by atoms with Crippen LogP contribution >= 0.6 is 0 Å². The first kappa shape index (κ1) is 15.0. The minimum absolute atomic E-state index is 0.811. The van der Waals surface area contributed by atoms with Crippen molar-refractivity contribution in [3.05, 3.63) is 42.0 Å². The van der Waals surface area contributed by atoms with Crippen LogP contribution in [-0.2, 0) is 4.74 Å². The third-order valence-electron chi connectivity index (χ3n) is 3.16. The molecule has 1 aromatic rings. The highest BCUT2D eigenvalue weighted by atomic mass is 16.5. The van der Waals surface area contributed by atoms with Crippen LogP contribution in [0.25, 0.3) is 5.57 Å². The van der Waals surface area contributed by atoms with Gasteiger partial charge in [-0.2, -0.15) is 0 Å². The zero-order chi connectivity index (χ0) is 13.1. The molecule has 0 saturated heterocycles. The number of hydrogen-bond donors (Lipinski definition) is 0. The predicted octanol–water partition coefficient (Wildman–Crippen LogP) is 5.08. The Kier molecular flexibility index (Phi) is 8.24. The van der Waals surface area contributed by atoms with Gasteiger partial charge in [0.05, 0.1) is 0 Å².